The highest BCUT2D eigenvalue weighted by molar-refractivity contribution is 6.37. The molecule has 34 heavy (non-hydrogen) atoms. The first kappa shape index (κ1) is 22.2. The molecule has 174 valence electrons. The highest BCUT2D eigenvalue weighted by Gasteiger charge is 2.37. The molecule has 0 unspecified atom stereocenters. The fraction of sp³-hybridized carbons (Fsp3) is 0.261. The SMILES string of the molecule is C[N+]1([O-])CCN(/C=C2\N=C3CN=C(c4ccccc4Cl)c4cc([N+](=O)[O-])ccc4N3C2=O)CC1. The predicted molar refractivity (Wildman–Crippen MR) is 129 cm³/mol. The number of amides is 1. The average Bonchev–Trinajstić information content (AvgIpc) is 3.01. The zero-order chi connectivity index (χ0) is 24.0. The Kier molecular flexibility index (Phi) is 5.43. The Hall–Kier alpha value is -3.60. The average molecular weight is 481 g/mol. The number of hydroxylamine groups is 3. The first-order chi connectivity index (χ1) is 16.2. The fourth-order valence-corrected chi connectivity index (χ4v) is 4.48. The summed E-state index contributed by atoms with van der Waals surface area (Å²) in [5.41, 5.74) is 2.09. The molecule has 0 aliphatic carbocycles. The van der Waals surface area contributed by atoms with E-state index < -0.39 is 4.92 Å². The van der Waals surface area contributed by atoms with Crippen molar-refractivity contribution in [1.82, 2.24) is 4.90 Å². The maximum atomic E-state index is 13.4. The van der Waals surface area contributed by atoms with Gasteiger partial charge in [-0.2, -0.15) is 0 Å². The zero-order valence-electron chi connectivity index (χ0n) is 18.3. The molecule has 0 spiro atoms. The van der Waals surface area contributed by atoms with Crippen LogP contribution in [0, 0.1) is 15.3 Å². The maximum Gasteiger partial charge on any atom is 0.284 e. The molecule has 0 N–H and O–H groups in total. The summed E-state index contributed by atoms with van der Waals surface area (Å²) in [5.74, 6) is 0.0838. The number of benzene rings is 2. The second-order valence-electron chi connectivity index (χ2n) is 8.57. The van der Waals surface area contributed by atoms with Crippen LogP contribution in [0.2, 0.25) is 5.02 Å². The van der Waals surface area contributed by atoms with Gasteiger partial charge in [0.15, 0.2) is 0 Å². The number of quaternary nitrogens is 1. The molecule has 1 amide bonds. The van der Waals surface area contributed by atoms with Gasteiger partial charge in [-0.3, -0.25) is 24.8 Å². The quantitative estimate of drug-likeness (QED) is 0.220. The van der Waals surface area contributed by atoms with Crippen LogP contribution in [-0.2, 0) is 4.79 Å². The van der Waals surface area contributed by atoms with E-state index in [-0.39, 0.29) is 28.5 Å². The number of amidine groups is 1. The molecule has 3 aliphatic heterocycles. The summed E-state index contributed by atoms with van der Waals surface area (Å²) < 4.78 is -0.306. The van der Waals surface area contributed by atoms with E-state index in [0.29, 0.717) is 59.6 Å². The van der Waals surface area contributed by atoms with Crippen molar-refractivity contribution in [3.8, 4) is 0 Å². The largest absolute Gasteiger partial charge is 0.633 e. The number of halogens is 1. The Bertz CT molecular complexity index is 1290. The minimum absolute atomic E-state index is 0.0988. The summed E-state index contributed by atoms with van der Waals surface area (Å²) in [6, 6.07) is 11.4. The van der Waals surface area contributed by atoms with Gasteiger partial charge < -0.3 is 14.8 Å². The van der Waals surface area contributed by atoms with Crippen molar-refractivity contribution in [2.45, 2.75) is 0 Å². The Morgan fingerprint density at radius 1 is 1.15 bits per heavy atom. The van der Waals surface area contributed by atoms with E-state index in [2.05, 4.69) is 9.98 Å². The molecule has 0 saturated carbocycles. The van der Waals surface area contributed by atoms with E-state index in [4.69, 9.17) is 11.6 Å². The van der Waals surface area contributed by atoms with Crippen LogP contribution in [0.4, 0.5) is 11.4 Å². The minimum Gasteiger partial charge on any atom is -0.633 e. The molecular weight excluding hydrogens is 460 g/mol. The number of hydrogen-bond donors (Lipinski definition) is 0. The molecule has 3 heterocycles. The van der Waals surface area contributed by atoms with E-state index in [9.17, 15) is 20.1 Å². The van der Waals surface area contributed by atoms with Gasteiger partial charge in [0.05, 0.1) is 56.1 Å². The number of non-ortho nitro benzene ring substituents is 1. The third kappa shape index (κ3) is 3.96. The second-order valence-corrected chi connectivity index (χ2v) is 8.97. The second kappa shape index (κ2) is 8.32. The highest BCUT2D eigenvalue weighted by atomic mass is 35.5. The summed E-state index contributed by atoms with van der Waals surface area (Å²) in [5, 5.41) is 24.1. The summed E-state index contributed by atoms with van der Waals surface area (Å²) in [4.78, 5) is 37.0. The van der Waals surface area contributed by atoms with Crippen molar-refractivity contribution in [3.05, 3.63) is 85.8 Å². The van der Waals surface area contributed by atoms with Crippen LogP contribution in [-0.4, -0.2) is 71.7 Å². The summed E-state index contributed by atoms with van der Waals surface area (Å²) in [7, 11) is 1.64. The van der Waals surface area contributed by atoms with Crippen LogP contribution in [0.5, 0.6) is 0 Å². The molecule has 5 rings (SSSR count). The number of rotatable bonds is 3. The Labute approximate surface area is 200 Å². The molecule has 0 radical (unpaired) electrons. The lowest BCUT2D eigenvalue weighted by atomic mass is 9.99. The van der Waals surface area contributed by atoms with Crippen molar-refractivity contribution in [1.29, 1.82) is 0 Å². The number of nitro groups is 1. The molecule has 2 aromatic carbocycles. The Morgan fingerprint density at radius 3 is 2.59 bits per heavy atom. The number of likely N-dealkylation sites (N-methyl/N-ethyl adjacent to an activating group) is 1. The molecule has 11 heteroatoms. The van der Waals surface area contributed by atoms with Gasteiger partial charge in [0.1, 0.15) is 11.5 Å². The smallest absolute Gasteiger partial charge is 0.284 e. The van der Waals surface area contributed by atoms with Crippen LogP contribution in [0.3, 0.4) is 0 Å². The predicted octanol–water partition coefficient (Wildman–Crippen LogP) is 2.95. The van der Waals surface area contributed by atoms with E-state index in [0.717, 1.165) is 0 Å². The molecule has 10 nitrogen and oxygen atoms in total. The molecule has 3 aliphatic rings. The molecule has 0 aromatic heterocycles. The minimum atomic E-state index is -0.486. The molecule has 0 atom stereocenters. The van der Waals surface area contributed by atoms with Crippen molar-refractivity contribution >= 4 is 40.4 Å². The van der Waals surface area contributed by atoms with Crippen molar-refractivity contribution < 1.29 is 14.4 Å². The van der Waals surface area contributed by atoms with Gasteiger partial charge in [-0.15, -0.1) is 0 Å². The highest BCUT2D eigenvalue weighted by Crippen LogP contribution is 2.35. The summed E-state index contributed by atoms with van der Waals surface area (Å²) >= 11 is 6.42. The number of hydrogen-bond acceptors (Lipinski definition) is 7. The van der Waals surface area contributed by atoms with Gasteiger partial charge in [0, 0.05) is 34.5 Å². The topological polar surface area (TPSA) is 114 Å². The van der Waals surface area contributed by atoms with Crippen LogP contribution in [0.1, 0.15) is 11.1 Å². The Morgan fingerprint density at radius 2 is 1.88 bits per heavy atom. The maximum absolute atomic E-state index is 13.4. The number of anilines is 1. The van der Waals surface area contributed by atoms with Crippen molar-refractivity contribution in [2.24, 2.45) is 9.98 Å². The number of nitrogens with zero attached hydrogens (tertiary/aromatic N) is 6. The van der Waals surface area contributed by atoms with Gasteiger partial charge in [0.25, 0.3) is 11.6 Å². The molecule has 0 bridgehead atoms. The molecular formula is C23H21ClN6O4. The van der Waals surface area contributed by atoms with Gasteiger partial charge in [0.2, 0.25) is 0 Å². The number of carbonyl (C=O) groups excluding carboxylic acids is 1. The standard InChI is InChI=1S/C23H21ClN6O4/c1-30(34)10-8-27(9-11-30)14-19-23(31)28-20-7-6-15(29(32)33)12-17(20)22(25-13-21(28)26-19)16-4-2-3-5-18(16)24/h2-7,12,14H,8-11,13H2,1H3/b19-14-. The number of aliphatic imine (C=N–C) groups is 2. The van der Waals surface area contributed by atoms with E-state index in [1.54, 1.807) is 43.6 Å². The normalized spacial score (nSPS) is 20.4. The zero-order valence-corrected chi connectivity index (χ0v) is 19.1. The van der Waals surface area contributed by atoms with E-state index in [1.165, 1.54) is 17.0 Å². The first-order valence-corrected chi connectivity index (χ1v) is 11.1. The van der Waals surface area contributed by atoms with Crippen LogP contribution in [0.25, 0.3) is 0 Å². The van der Waals surface area contributed by atoms with Gasteiger partial charge in [-0.1, -0.05) is 29.8 Å². The van der Waals surface area contributed by atoms with Crippen LogP contribution < -0.4 is 4.90 Å². The lowest BCUT2D eigenvalue weighted by molar-refractivity contribution is -0.865. The number of piperazine rings is 1. The van der Waals surface area contributed by atoms with Crippen molar-refractivity contribution in [2.75, 3.05) is 44.7 Å². The lowest BCUT2D eigenvalue weighted by Gasteiger charge is -2.45. The van der Waals surface area contributed by atoms with Gasteiger partial charge >= 0.3 is 0 Å². The number of carbonyl (C=O) groups is 1. The van der Waals surface area contributed by atoms with Crippen LogP contribution >= 0.6 is 11.6 Å². The van der Waals surface area contributed by atoms with Crippen LogP contribution in [0.15, 0.2) is 64.3 Å². The van der Waals surface area contributed by atoms with E-state index >= 15 is 0 Å². The molecule has 1 fully saturated rings. The number of nitro benzene ring substituents is 1. The first-order valence-electron chi connectivity index (χ1n) is 10.8. The molecule has 1 saturated heterocycles. The van der Waals surface area contributed by atoms with Gasteiger partial charge in [-0.25, -0.2) is 4.99 Å². The van der Waals surface area contributed by atoms with Crippen molar-refractivity contribution in [3.63, 3.8) is 0 Å². The number of fused-ring (bicyclic) bond motifs is 3. The Balaban J connectivity index is 1.58. The lowest BCUT2D eigenvalue weighted by Crippen LogP contribution is -2.52. The molecule has 2 aromatic rings. The van der Waals surface area contributed by atoms with E-state index in [1.807, 2.05) is 4.90 Å². The summed E-state index contributed by atoms with van der Waals surface area (Å²) in [6.45, 7) is 2.01. The third-order valence-electron chi connectivity index (χ3n) is 6.15. The third-order valence-corrected chi connectivity index (χ3v) is 6.48. The summed E-state index contributed by atoms with van der Waals surface area (Å²) in [6.07, 6.45) is 1.69. The monoisotopic (exact) mass is 480 g/mol. The van der Waals surface area contributed by atoms with Gasteiger partial charge in [-0.05, 0) is 12.1 Å². The fourth-order valence-electron chi connectivity index (χ4n) is 4.25.